The van der Waals surface area contributed by atoms with E-state index in [1.54, 1.807) is 13.8 Å². The molecule has 1 fully saturated rings. The number of amides is 2. The number of thioether (sulfide) groups is 1. The lowest BCUT2D eigenvalue weighted by Crippen LogP contribution is -2.46. The summed E-state index contributed by atoms with van der Waals surface area (Å²) in [6.07, 6.45) is -0.458. The smallest absolute Gasteiger partial charge is 0.326 e. The number of nitrogens with zero attached hydrogens (tertiary/aromatic N) is 1. The average Bonchev–Trinajstić information content (AvgIpc) is 3.35. The van der Waals surface area contributed by atoms with Crippen molar-refractivity contribution >= 4 is 35.2 Å². The highest BCUT2D eigenvalue weighted by Gasteiger charge is 2.35. The Morgan fingerprint density at radius 3 is 2.36 bits per heavy atom. The Labute approximate surface area is 227 Å². The summed E-state index contributed by atoms with van der Waals surface area (Å²) in [6.45, 7) is 3.55. The maximum atomic E-state index is 14.6. The third kappa shape index (κ3) is 7.85. The predicted molar refractivity (Wildman–Crippen MR) is 139 cm³/mol. The second-order valence-electron chi connectivity index (χ2n) is 9.56. The van der Waals surface area contributed by atoms with Crippen molar-refractivity contribution in [3.8, 4) is 0 Å². The Kier molecular flexibility index (Phi) is 10.2. The lowest BCUT2D eigenvalue weighted by molar-refractivity contribution is -0.138. The number of carboxylic acid groups (broad SMARTS) is 1. The minimum absolute atomic E-state index is 0.161. The highest BCUT2D eigenvalue weighted by atomic mass is 32.2. The molecule has 5 N–H and O–H groups in total. The summed E-state index contributed by atoms with van der Waals surface area (Å²) in [7, 11) is 0. The van der Waals surface area contributed by atoms with E-state index in [4.69, 9.17) is 5.73 Å². The van der Waals surface area contributed by atoms with Gasteiger partial charge in [0.2, 0.25) is 5.91 Å². The highest BCUT2D eigenvalue weighted by molar-refractivity contribution is 8.00. The van der Waals surface area contributed by atoms with E-state index in [0.29, 0.717) is 17.9 Å². The molecule has 2 aromatic rings. The van der Waals surface area contributed by atoms with Crippen molar-refractivity contribution in [2.24, 2.45) is 11.7 Å². The first-order valence-corrected chi connectivity index (χ1v) is 13.3. The van der Waals surface area contributed by atoms with Crippen LogP contribution in [0.4, 0.5) is 23.2 Å². The molecule has 1 saturated heterocycles. The Hall–Kier alpha value is -3.32. The topological polar surface area (TPSA) is 125 Å². The van der Waals surface area contributed by atoms with Crippen LogP contribution in [0.5, 0.6) is 0 Å². The first kappa shape index (κ1) is 30.2. The van der Waals surface area contributed by atoms with E-state index in [0.717, 1.165) is 6.07 Å². The number of aliphatic carboxylic acids is 1. The van der Waals surface area contributed by atoms with Crippen LogP contribution in [-0.2, 0) is 27.3 Å². The van der Waals surface area contributed by atoms with Crippen LogP contribution in [0.15, 0.2) is 30.3 Å². The number of carboxylic acids is 1. The van der Waals surface area contributed by atoms with Crippen molar-refractivity contribution in [3.05, 3.63) is 64.7 Å². The number of anilines is 1. The van der Waals surface area contributed by atoms with Crippen LogP contribution >= 0.6 is 11.8 Å². The number of halogens is 4. The molecule has 0 bridgehead atoms. The maximum absolute atomic E-state index is 14.6. The number of nitrogens with one attached hydrogen (secondary N) is 2. The molecule has 3 rings (SSSR count). The van der Waals surface area contributed by atoms with Crippen molar-refractivity contribution in [3.63, 3.8) is 0 Å². The SMILES string of the molecule is CC(C)C(Nc1ccc(CNC(=O)[C@@H]2SCCN2C(=O)C[C@H](N)Cc2cc(F)c(F)cc2F)c(F)c1)C(=O)O. The molecule has 0 radical (unpaired) electrons. The van der Waals surface area contributed by atoms with Crippen LogP contribution in [0.3, 0.4) is 0 Å². The number of carbonyl (C=O) groups excluding carboxylic acids is 2. The molecule has 8 nitrogen and oxygen atoms in total. The highest BCUT2D eigenvalue weighted by Crippen LogP contribution is 2.26. The summed E-state index contributed by atoms with van der Waals surface area (Å²) in [5, 5.41) is 13.8. The number of hydrogen-bond donors (Lipinski definition) is 4. The van der Waals surface area contributed by atoms with Crippen LogP contribution < -0.4 is 16.4 Å². The molecule has 0 saturated carbocycles. The van der Waals surface area contributed by atoms with Gasteiger partial charge in [-0.1, -0.05) is 19.9 Å². The minimum Gasteiger partial charge on any atom is -0.480 e. The van der Waals surface area contributed by atoms with Gasteiger partial charge in [0.15, 0.2) is 17.0 Å². The van der Waals surface area contributed by atoms with E-state index >= 15 is 0 Å². The second-order valence-corrected chi connectivity index (χ2v) is 10.8. The van der Waals surface area contributed by atoms with Crippen LogP contribution in [0.1, 0.15) is 31.4 Å². The standard InChI is InChI=1S/C26H30F4N4O4S/c1-13(2)23(26(37)38)33-17-4-3-14(18(27)10-17)12-32-24(36)25-34(5-6-39-25)22(35)9-16(31)7-15-8-20(29)21(30)11-19(15)28/h3-4,8,10-11,13,16,23,25,33H,5-7,9,12,31H2,1-2H3,(H,32,36)(H,37,38)/t16-,23?,25+/m1/s1. The van der Waals surface area contributed by atoms with Crippen LogP contribution in [-0.4, -0.2) is 57.5 Å². The Morgan fingerprint density at radius 2 is 1.72 bits per heavy atom. The summed E-state index contributed by atoms with van der Waals surface area (Å²) in [5.41, 5.74) is 6.25. The minimum atomic E-state index is -1.32. The predicted octanol–water partition coefficient (Wildman–Crippen LogP) is 3.24. The maximum Gasteiger partial charge on any atom is 0.326 e. The van der Waals surface area contributed by atoms with Gasteiger partial charge in [0.05, 0.1) is 0 Å². The first-order chi connectivity index (χ1) is 18.4. The van der Waals surface area contributed by atoms with Crippen molar-refractivity contribution in [2.45, 2.75) is 50.7 Å². The molecule has 3 atom stereocenters. The fourth-order valence-corrected chi connectivity index (χ4v) is 5.27. The van der Waals surface area contributed by atoms with E-state index < -0.39 is 58.5 Å². The lowest BCUT2D eigenvalue weighted by Gasteiger charge is -2.24. The van der Waals surface area contributed by atoms with Crippen LogP contribution in [0.25, 0.3) is 0 Å². The number of hydrogen-bond acceptors (Lipinski definition) is 6. The van der Waals surface area contributed by atoms with Crippen molar-refractivity contribution < 1.29 is 37.1 Å². The van der Waals surface area contributed by atoms with Gasteiger partial charge in [0.25, 0.3) is 5.91 Å². The number of nitrogens with two attached hydrogens (primary N) is 1. The molecule has 1 aliphatic heterocycles. The molecular formula is C26H30F4N4O4S. The second kappa shape index (κ2) is 13.2. The number of carbonyl (C=O) groups is 3. The first-order valence-electron chi connectivity index (χ1n) is 12.2. The normalized spacial score (nSPS) is 16.7. The van der Waals surface area contributed by atoms with Crippen molar-refractivity contribution in [2.75, 3.05) is 17.6 Å². The molecule has 212 valence electrons. The van der Waals surface area contributed by atoms with Crippen molar-refractivity contribution in [1.29, 1.82) is 0 Å². The van der Waals surface area contributed by atoms with E-state index in [9.17, 15) is 37.1 Å². The van der Waals surface area contributed by atoms with Gasteiger partial charge in [-0.15, -0.1) is 11.8 Å². The summed E-state index contributed by atoms with van der Waals surface area (Å²) >= 11 is 1.22. The van der Waals surface area contributed by atoms with Gasteiger partial charge < -0.3 is 26.4 Å². The van der Waals surface area contributed by atoms with Gasteiger partial charge in [-0.3, -0.25) is 9.59 Å². The molecular weight excluding hydrogens is 540 g/mol. The van der Waals surface area contributed by atoms with Crippen LogP contribution in [0, 0.1) is 29.2 Å². The largest absolute Gasteiger partial charge is 0.480 e. The van der Waals surface area contributed by atoms with Crippen LogP contribution in [0.2, 0.25) is 0 Å². The van der Waals surface area contributed by atoms with Gasteiger partial charge in [-0.25, -0.2) is 22.4 Å². The zero-order valence-corrected chi connectivity index (χ0v) is 22.2. The lowest BCUT2D eigenvalue weighted by atomic mass is 10.0. The molecule has 1 unspecified atom stereocenters. The summed E-state index contributed by atoms with van der Waals surface area (Å²) in [6, 6.07) is 3.41. The fraction of sp³-hybridized carbons (Fsp3) is 0.423. The molecule has 0 aromatic heterocycles. The molecule has 2 aromatic carbocycles. The Morgan fingerprint density at radius 1 is 1.05 bits per heavy atom. The summed E-state index contributed by atoms with van der Waals surface area (Å²) < 4.78 is 55.2. The summed E-state index contributed by atoms with van der Waals surface area (Å²) in [4.78, 5) is 38.3. The van der Waals surface area contributed by atoms with E-state index in [1.807, 2.05) is 0 Å². The Balaban J connectivity index is 1.56. The van der Waals surface area contributed by atoms with E-state index in [-0.39, 0.29) is 48.7 Å². The van der Waals surface area contributed by atoms with Gasteiger partial charge in [0.1, 0.15) is 17.7 Å². The molecule has 1 heterocycles. The van der Waals surface area contributed by atoms with E-state index in [2.05, 4.69) is 10.6 Å². The zero-order chi connectivity index (χ0) is 28.9. The number of rotatable bonds is 11. The molecule has 0 spiro atoms. The molecule has 0 aliphatic carbocycles. The summed E-state index contributed by atoms with van der Waals surface area (Å²) in [5.74, 6) is -5.96. The molecule has 2 amide bonds. The quantitative estimate of drug-likeness (QED) is 0.242. The zero-order valence-electron chi connectivity index (χ0n) is 21.3. The monoisotopic (exact) mass is 570 g/mol. The third-order valence-corrected chi connectivity index (χ3v) is 7.41. The van der Waals surface area contributed by atoms with E-state index in [1.165, 1.54) is 28.8 Å². The van der Waals surface area contributed by atoms with Gasteiger partial charge >= 0.3 is 5.97 Å². The molecule has 13 heteroatoms. The third-order valence-electron chi connectivity index (χ3n) is 6.20. The van der Waals surface area contributed by atoms with Gasteiger partial charge in [0, 0.05) is 48.6 Å². The van der Waals surface area contributed by atoms with Gasteiger partial charge in [-0.2, -0.15) is 0 Å². The average molecular weight is 571 g/mol. The van der Waals surface area contributed by atoms with Gasteiger partial charge in [-0.05, 0) is 36.1 Å². The van der Waals surface area contributed by atoms with Crippen molar-refractivity contribution in [1.82, 2.24) is 10.2 Å². The Bertz CT molecular complexity index is 1230. The number of benzene rings is 2. The fourth-order valence-electron chi connectivity index (χ4n) is 4.10. The molecule has 39 heavy (non-hydrogen) atoms. The molecule has 1 aliphatic rings.